The third kappa shape index (κ3) is 2.14. The van der Waals surface area contributed by atoms with Gasteiger partial charge in [-0.3, -0.25) is 9.78 Å². The molecule has 1 atom stereocenters. The molecule has 2 aromatic rings. The molecule has 0 aliphatic rings. The van der Waals surface area contributed by atoms with Gasteiger partial charge in [0.05, 0.1) is 0 Å². The molecule has 0 spiro atoms. The molecular formula is C13H10FNO. The van der Waals surface area contributed by atoms with Gasteiger partial charge in [-0.15, -0.1) is 0 Å². The average molecular weight is 215 g/mol. The normalized spacial score (nSPS) is 12.1. The van der Waals surface area contributed by atoms with Gasteiger partial charge < -0.3 is 0 Å². The molecule has 1 aromatic carbocycles. The molecule has 0 bridgehead atoms. The van der Waals surface area contributed by atoms with Gasteiger partial charge in [0.15, 0.2) is 6.17 Å². The zero-order chi connectivity index (χ0) is 11.4. The fourth-order valence-electron chi connectivity index (χ4n) is 1.51. The maximum atomic E-state index is 14.0. The molecule has 0 aliphatic heterocycles. The topological polar surface area (TPSA) is 30.0 Å². The molecule has 3 heteroatoms. The van der Waals surface area contributed by atoms with Crippen molar-refractivity contribution >= 4 is 6.29 Å². The lowest BCUT2D eigenvalue weighted by Gasteiger charge is -2.08. The van der Waals surface area contributed by atoms with Crippen LogP contribution in [0.4, 0.5) is 4.39 Å². The Balaban J connectivity index is 2.34. The van der Waals surface area contributed by atoms with Crippen molar-refractivity contribution in [3.63, 3.8) is 0 Å². The van der Waals surface area contributed by atoms with Crippen LogP contribution in [0.5, 0.6) is 0 Å². The van der Waals surface area contributed by atoms with Crippen molar-refractivity contribution in [3.05, 3.63) is 65.5 Å². The van der Waals surface area contributed by atoms with Crippen LogP contribution >= 0.6 is 0 Å². The number of pyridine rings is 1. The number of hydrogen-bond acceptors (Lipinski definition) is 2. The summed E-state index contributed by atoms with van der Waals surface area (Å²) in [5.74, 6) is 0. The van der Waals surface area contributed by atoms with Crippen LogP contribution in [0.1, 0.15) is 27.7 Å². The van der Waals surface area contributed by atoms with E-state index in [-0.39, 0.29) is 0 Å². The molecule has 1 heterocycles. The first kappa shape index (κ1) is 10.5. The summed E-state index contributed by atoms with van der Waals surface area (Å²) >= 11 is 0. The molecule has 0 amide bonds. The number of carbonyl (C=O) groups is 1. The number of benzene rings is 1. The highest BCUT2D eigenvalue weighted by molar-refractivity contribution is 5.75. The van der Waals surface area contributed by atoms with Gasteiger partial charge in [-0.2, -0.15) is 0 Å². The highest BCUT2D eigenvalue weighted by atomic mass is 19.1. The average Bonchev–Trinajstić information content (AvgIpc) is 2.39. The molecule has 0 fully saturated rings. The standard InChI is InChI=1S/C13H10FNO/c14-13(12-5-2-6-15-8-12)11-4-1-3-10(7-11)9-16/h1-9,13H. The van der Waals surface area contributed by atoms with E-state index in [0.29, 0.717) is 23.0 Å². The van der Waals surface area contributed by atoms with Crippen LogP contribution in [0.25, 0.3) is 0 Å². The predicted octanol–water partition coefficient (Wildman–Crippen LogP) is 2.95. The van der Waals surface area contributed by atoms with Crippen LogP contribution in [-0.2, 0) is 0 Å². The Morgan fingerprint density at radius 3 is 2.69 bits per heavy atom. The van der Waals surface area contributed by atoms with Crippen molar-refractivity contribution in [2.75, 3.05) is 0 Å². The van der Waals surface area contributed by atoms with Crippen molar-refractivity contribution in [1.82, 2.24) is 4.98 Å². The van der Waals surface area contributed by atoms with Gasteiger partial charge in [-0.1, -0.05) is 24.3 Å². The Morgan fingerprint density at radius 1 is 1.19 bits per heavy atom. The maximum Gasteiger partial charge on any atom is 0.152 e. The van der Waals surface area contributed by atoms with Gasteiger partial charge in [0, 0.05) is 23.5 Å². The van der Waals surface area contributed by atoms with E-state index in [9.17, 15) is 9.18 Å². The largest absolute Gasteiger partial charge is 0.298 e. The minimum Gasteiger partial charge on any atom is -0.298 e. The SMILES string of the molecule is O=Cc1cccc(C(F)c2cccnc2)c1. The quantitative estimate of drug-likeness (QED) is 0.737. The van der Waals surface area contributed by atoms with E-state index in [0.717, 1.165) is 0 Å². The van der Waals surface area contributed by atoms with Gasteiger partial charge in [-0.25, -0.2) is 4.39 Å². The second-order valence-corrected chi connectivity index (χ2v) is 3.44. The first-order valence-electron chi connectivity index (χ1n) is 4.90. The van der Waals surface area contributed by atoms with Gasteiger partial charge in [0.1, 0.15) is 6.29 Å². The summed E-state index contributed by atoms with van der Waals surface area (Å²) in [4.78, 5) is 14.4. The monoisotopic (exact) mass is 215 g/mol. The van der Waals surface area contributed by atoms with Crippen molar-refractivity contribution < 1.29 is 9.18 Å². The van der Waals surface area contributed by atoms with Crippen LogP contribution in [0.15, 0.2) is 48.8 Å². The summed E-state index contributed by atoms with van der Waals surface area (Å²) in [5, 5.41) is 0. The summed E-state index contributed by atoms with van der Waals surface area (Å²) in [6.45, 7) is 0. The van der Waals surface area contributed by atoms with E-state index < -0.39 is 6.17 Å². The molecule has 0 saturated carbocycles. The Bertz CT molecular complexity index is 484. The van der Waals surface area contributed by atoms with Crippen molar-refractivity contribution in [2.45, 2.75) is 6.17 Å². The zero-order valence-corrected chi connectivity index (χ0v) is 8.51. The van der Waals surface area contributed by atoms with Crippen LogP contribution in [0.2, 0.25) is 0 Å². The Kier molecular flexibility index (Phi) is 3.05. The van der Waals surface area contributed by atoms with Crippen LogP contribution < -0.4 is 0 Å². The van der Waals surface area contributed by atoms with Gasteiger partial charge in [0.2, 0.25) is 0 Å². The molecule has 1 unspecified atom stereocenters. The van der Waals surface area contributed by atoms with Crippen LogP contribution in [-0.4, -0.2) is 11.3 Å². The lowest BCUT2D eigenvalue weighted by Crippen LogP contribution is -1.95. The number of halogens is 1. The number of rotatable bonds is 3. The number of aldehydes is 1. The van der Waals surface area contributed by atoms with Crippen molar-refractivity contribution in [2.24, 2.45) is 0 Å². The Morgan fingerprint density at radius 2 is 2.00 bits per heavy atom. The lowest BCUT2D eigenvalue weighted by atomic mass is 10.0. The van der Waals surface area contributed by atoms with Crippen molar-refractivity contribution in [3.8, 4) is 0 Å². The van der Waals surface area contributed by atoms with Crippen LogP contribution in [0.3, 0.4) is 0 Å². The molecule has 0 saturated heterocycles. The first-order chi connectivity index (χ1) is 7.81. The van der Waals surface area contributed by atoms with Gasteiger partial charge >= 0.3 is 0 Å². The summed E-state index contributed by atoms with van der Waals surface area (Å²) in [6, 6.07) is 9.88. The third-order valence-electron chi connectivity index (χ3n) is 2.32. The Labute approximate surface area is 92.8 Å². The number of hydrogen-bond donors (Lipinski definition) is 0. The minimum absolute atomic E-state index is 0.470. The highest BCUT2D eigenvalue weighted by Gasteiger charge is 2.12. The second kappa shape index (κ2) is 4.66. The summed E-state index contributed by atoms with van der Waals surface area (Å²) in [7, 11) is 0. The smallest absolute Gasteiger partial charge is 0.152 e. The first-order valence-corrected chi connectivity index (χ1v) is 4.90. The summed E-state index contributed by atoms with van der Waals surface area (Å²) in [6.07, 6.45) is 2.55. The summed E-state index contributed by atoms with van der Waals surface area (Å²) < 4.78 is 14.0. The zero-order valence-electron chi connectivity index (χ0n) is 8.51. The molecule has 0 radical (unpaired) electrons. The van der Waals surface area contributed by atoms with Gasteiger partial charge in [-0.05, 0) is 17.7 Å². The number of carbonyl (C=O) groups excluding carboxylic acids is 1. The van der Waals surface area contributed by atoms with E-state index in [1.807, 2.05) is 0 Å². The number of alkyl halides is 1. The highest BCUT2D eigenvalue weighted by Crippen LogP contribution is 2.25. The van der Waals surface area contributed by atoms with E-state index in [2.05, 4.69) is 4.98 Å². The van der Waals surface area contributed by atoms with E-state index in [1.54, 1.807) is 42.6 Å². The predicted molar refractivity (Wildman–Crippen MR) is 59.0 cm³/mol. The molecule has 1 aromatic heterocycles. The van der Waals surface area contributed by atoms with E-state index in [4.69, 9.17) is 0 Å². The molecular weight excluding hydrogens is 205 g/mol. The minimum atomic E-state index is -1.24. The molecule has 0 N–H and O–H groups in total. The van der Waals surface area contributed by atoms with Gasteiger partial charge in [0.25, 0.3) is 0 Å². The Hall–Kier alpha value is -2.03. The molecule has 0 aliphatic carbocycles. The van der Waals surface area contributed by atoms with Crippen LogP contribution in [0, 0.1) is 0 Å². The summed E-state index contributed by atoms with van der Waals surface area (Å²) in [5.41, 5.74) is 1.44. The number of aromatic nitrogens is 1. The fourth-order valence-corrected chi connectivity index (χ4v) is 1.51. The fraction of sp³-hybridized carbons (Fsp3) is 0.0769. The molecule has 2 nitrogen and oxygen atoms in total. The number of nitrogens with zero attached hydrogens (tertiary/aromatic N) is 1. The van der Waals surface area contributed by atoms with E-state index in [1.165, 1.54) is 6.20 Å². The molecule has 16 heavy (non-hydrogen) atoms. The maximum absolute atomic E-state index is 14.0. The second-order valence-electron chi connectivity index (χ2n) is 3.44. The van der Waals surface area contributed by atoms with Crippen molar-refractivity contribution in [1.29, 1.82) is 0 Å². The van der Waals surface area contributed by atoms with E-state index >= 15 is 0 Å². The molecule has 2 rings (SSSR count). The molecule has 80 valence electrons. The lowest BCUT2D eigenvalue weighted by molar-refractivity contribution is 0.112. The third-order valence-corrected chi connectivity index (χ3v) is 2.32.